The largest absolute Gasteiger partial charge is 0.330 e. The van der Waals surface area contributed by atoms with Crippen LogP contribution in [-0.4, -0.2) is 16.5 Å². The summed E-state index contributed by atoms with van der Waals surface area (Å²) in [6.45, 7) is 4.71. The van der Waals surface area contributed by atoms with Gasteiger partial charge in [-0.1, -0.05) is 15.9 Å². The number of hydrogen-bond donors (Lipinski definition) is 1. The van der Waals surface area contributed by atoms with E-state index in [9.17, 15) is 0 Å². The predicted molar refractivity (Wildman–Crippen MR) is 88.0 cm³/mol. The summed E-state index contributed by atoms with van der Waals surface area (Å²) < 4.78 is 1.09. The minimum Gasteiger partial charge on any atom is -0.330 e. The zero-order valence-electron chi connectivity index (χ0n) is 11.7. The Kier molecular flexibility index (Phi) is 5.57. The zero-order valence-corrected chi connectivity index (χ0v) is 14.1. The Labute approximate surface area is 132 Å². The second-order valence-corrected chi connectivity index (χ2v) is 6.53. The molecular formula is C15H18BrN3S. The number of thioether (sulfide) groups is 1. The molecule has 20 heavy (non-hydrogen) atoms. The fourth-order valence-corrected chi connectivity index (χ4v) is 3.08. The first-order chi connectivity index (χ1) is 9.60. The van der Waals surface area contributed by atoms with Gasteiger partial charge in [0.05, 0.1) is 5.75 Å². The van der Waals surface area contributed by atoms with Crippen LogP contribution in [0.3, 0.4) is 0 Å². The van der Waals surface area contributed by atoms with E-state index in [0.717, 1.165) is 33.9 Å². The van der Waals surface area contributed by atoms with Crippen LogP contribution in [0, 0.1) is 13.8 Å². The maximum Gasteiger partial charge on any atom is 0.139 e. The van der Waals surface area contributed by atoms with Gasteiger partial charge in [0.15, 0.2) is 0 Å². The number of hydrogen-bond acceptors (Lipinski definition) is 4. The van der Waals surface area contributed by atoms with Gasteiger partial charge in [-0.25, -0.2) is 9.97 Å². The molecule has 0 amide bonds. The molecule has 106 valence electrons. The van der Waals surface area contributed by atoms with Crippen molar-refractivity contribution in [3.05, 3.63) is 51.5 Å². The fraction of sp³-hybridized carbons (Fsp3) is 0.333. The molecule has 1 aromatic heterocycles. The second-order valence-electron chi connectivity index (χ2n) is 4.57. The topological polar surface area (TPSA) is 51.8 Å². The van der Waals surface area contributed by atoms with Crippen molar-refractivity contribution in [2.24, 2.45) is 5.73 Å². The third kappa shape index (κ3) is 4.04. The molecule has 0 radical (unpaired) electrons. The van der Waals surface area contributed by atoms with Gasteiger partial charge >= 0.3 is 0 Å². The van der Waals surface area contributed by atoms with E-state index in [1.54, 1.807) is 11.8 Å². The van der Waals surface area contributed by atoms with Crippen LogP contribution in [0.4, 0.5) is 0 Å². The molecule has 0 spiro atoms. The molecule has 1 aromatic carbocycles. The number of halogens is 1. The fourth-order valence-electron chi connectivity index (χ4n) is 2.06. The summed E-state index contributed by atoms with van der Waals surface area (Å²) in [6, 6.07) is 8.28. The lowest BCUT2D eigenvalue weighted by atomic mass is 10.1. The van der Waals surface area contributed by atoms with Gasteiger partial charge in [-0.05, 0) is 56.6 Å². The summed E-state index contributed by atoms with van der Waals surface area (Å²) in [5.41, 5.74) is 8.91. The normalized spacial score (nSPS) is 10.8. The van der Waals surface area contributed by atoms with Crippen LogP contribution in [0.15, 0.2) is 33.6 Å². The van der Waals surface area contributed by atoms with Crippen molar-refractivity contribution in [3.8, 4) is 0 Å². The number of aryl methyl sites for hydroxylation is 2. The van der Waals surface area contributed by atoms with Gasteiger partial charge in [0.1, 0.15) is 5.82 Å². The number of nitrogens with zero attached hydrogens (tertiary/aromatic N) is 2. The van der Waals surface area contributed by atoms with Crippen molar-refractivity contribution >= 4 is 27.7 Å². The van der Waals surface area contributed by atoms with Crippen molar-refractivity contribution in [1.29, 1.82) is 0 Å². The van der Waals surface area contributed by atoms with Crippen LogP contribution in [0.1, 0.15) is 22.8 Å². The van der Waals surface area contributed by atoms with Crippen LogP contribution in [0.2, 0.25) is 0 Å². The number of benzene rings is 1. The Morgan fingerprint density at radius 2 is 1.70 bits per heavy atom. The lowest BCUT2D eigenvalue weighted by molar-refractivity contribution is 0.868. The van der Waals surface area contributed by atoms with Gasteiger partial charge in [0.2, 0.25) is 0 Å². The summed E-state index contributed by atoms with van der Waals surface area (Å²) in [6.07, 6.45) is 0.845. The zero-order chi connectivity index (χ0) is 14.5. The highest BCUT2D eigenvalue weighted by atomic mass is 79.9. The standard InChI is InChI=1S/C15H18BrN3S/c1-10-14(7-8-17)11(2)19-15(18-10)9-20-13-5-3-12(16)4-6-13/h3-6H,7-9,17H2,1-2H3. The van der Waals surface area contributed by atoms with Gasteiger partial charge in [0, 0.05) is 20.8 Å². The summed E-state index contributed by atoms with van der Waals surface area (Å²) in [5, 5.41) is 0. The van der Waals surface area contributed by atoms with E-state index in [4.69, 9.17) is 5.73 Å². The molecule has 2 aromatic rings. The van der Waals surface area contributed by atoms with Gasteiger partial charge in [-0.2, -0.15) is 0 Å². The third-order valence-electron chi connectivity index (χ3n) is 3.04. The van der Waals surface area contributed by atoms with E-state index >= 15 is 0 Å². The van der Waals surface area contributed by atoms with E-state index in [1.807, 2.05) is 26.0 Å². The number of nitrogens with two attached hydrogens (primary N) is 1. The molecule has 0 fully saturated rings. The van der Waals surface area contributed by atoms with Gasteiger partial charge in [-0.3, -0.25) is 0 Å². The summed E-state index contributed by atoms with van der Waals surface area (Å²) in [4.78, 5) is 10.4. The monoisotopic (exact) mass is 351 g/mol. The molecular weight excluding hydrogens is 334 g/mol. The van der Waals surface area contributed by atoms with Crippen LogP contribution in [0.5, 0.6) is 0 Å². The molecule has 0 aliphatic rings. The van der Waals surface area contributed by atoms with E-state index < -0.39 is 0 Å². The molecule has 0 saturated heterocycles. The molecule has 0 aliphatic carbocycles. The molecule has 0 bridgehead atoms. The lowest BCUT2D eigenvalue weighted by Gasteiger charge is -2.10. The summed E-state index contributed by atoms with van der Waals surface area (Å²) in [5.74, 6) is 1.67. The Bertz CT molecular complexity index is 561. The number of aromatic nitrogens is 2. The molecule has 2 rings (SSSR count). The van der Waals surface area contributed by atoms with E-state index in [2.05, 4.69) is 38.0 Å². The smallest absolute Gasteiger partial charge is 0.139 e. The average molecular weight is 352 g/mol. The third-order valence-corrected chi connectivity index (χ3v) is 4.58. The Morgan fingerprint density at radius 3 is 2.25 bits per heavy atom. The summed E-state index contributed by atoms with van der Waals surface area (Å²) in [7, 11) is 0. The first-order valence-corrected chi connectivity index (χ1v) is 8.29. The SMILES string of the molecule is Cc1nc(CSc2ccc(Br)cc2)nc(C)c1CCN. The van der Waals surface area contributed by atoms with Crippen molar-refractivity contribution in [2.75, 3.05) is 6.54 Å². The Balaban J connectivity index is 2.08. The Morgan fingerprint density at radius 1 is 1.10 bits per heavy atom. The van der Waals surface area contributed by atoms with Crippen molar-refractivity contribution < 1.29 is 0 Å². The highest BCUT2D eigenvalue weighted by Crippen LogP contribution is 2.24. The molecule has 2 N–H and O–H groups in total. The van der Waals surface area contributed by atoms with Crippen LogP contribution in [0.25, 0.3) is 0 Å². The van der Waals surface area contributed by atoms with Crippen molar-refractivity contribution in [2.45, 2.75) is 30.9 Å². The molecule has 0 aliphatic heterocycles. The van der Waals surface area contributed by atoms with Crippen LogP contribution < -0.4 is 5.73 Å². The quantitative estimate of drug-likeness (QED) is 0.835. The van der Waals surface area contributed by atoms with Crippen LogP contribution in [-0.2, 0) is 12.2 Å². The first kappa shape index (κ1) is 15.5. The molecule has 0 unspecified atom stereocenters. The summed E-state index contributed by atoms with van der Waals surface area (Å²) >= 11 is 5.19. The minimum absolute atomic E-state index is 0.637. The Hall–Kier alpha value is -0.910. The molecule has 0 atom stereocenters. The van der Waals surface area contributed by atoms with Crippen molar-refractivity contribution in [3.63, 3.8) is 0 Å². The van der Waals surface area contributed by atoms with Gasteiger partial charge in [0.25, 0.3) is 0 Å². The lowest BCUT2D eigenvalue weighted by Crippen LogP contribution is -2.10. The van der Waals surface area contributed by atoms with E-state index in [1.165, 1.54) is 10.5 Å². The molecule has 3 nitrogen and oxygen atoms in total. The van der Waals surface area contributed by atoms with E-state index in [0.29, 0.717) is 6.54 Å². The second kappa shape index (κ2) is 7.20. The maximum atomic E-state index is 5.62. The maximum absolute atomic E-state index is 5.62. The molecule has 5 heteroatoms. The molecule has 0 saturated carbocycles. The first-order valence-electron chi connectivity index (χ1n) is 6.51. The molecule has 1 heterocycles. The van der Waals surface area contributed by atoms with Crippen molar-refractivity contribution in [1.82, 2.24) is 9.97 Å². The number of rotatable bonds is 5. The minimum atomic E-state index is 0.637. The van der Waals surface area contributed by atoms with Crippen LogP contribution >= 0.6 is 27.7 Å². The van der Waals surface area contributed by atoms with Gasteiger partial charge < -0.3 is 5.73 Å². The van der Waals surface area contributed by atoms with Gasteiger partial charge in [-0.15, -0.1) is 11.8 Å². The van der Waals surface area contributed by atoms with E-state index in [-0.39, 0.29) is 0 Å². The average Bonchev–Trinajstić information content (AvgIpc) is 2.42. The highest BCUT2D eigenvalue weighted by Gasteiger charge is 2.08. The predicted octanol–water partition coefficient (Wildman–Crippen LogP) is 3.65. The highest BCUT2D eigenvalue weighted by molar-refractivity contribution is 9.10.